The van der Waals surface area contributed by atoms with Gasteiger partial charge in [0.15, 0.2) is 0 Å². The molecule has 1 aliphatic rings. The molecule has 1 unspecified atom stereocenters. The number of nitrogens with zero attached hydrogens (tertiary/aromatic N) is 3. The van der Waals surface area contributed by atoms with E-state index in [1.54, 1.807) is 11.8 Å². The summed E-state index contributed by atoms with van der Waals surface area (Å²) in [5.74, 6) is 0.590. The summed E-state index contributed by atoms with van der Waals surface area (Å²) in [6.45, 7) is 3.24. The molecule has 0 N–H and O–H groups in total. The Morgan fingerprint density at radius 1 is 1.25 bits per heavy atom. The summed E-state index contributed by atoms with van der Waals surface area (Å²) in [5.41, 5.74) is 1.62. The zero-order valence-electron chi connectivity index (χ0n) is 13.9. The van der Waals surface area contributed by atoms with E-state index in [9.17, 15) is 4.79 Å². The minimum atomic E-state index is -0.0406. The van der Waals surface area contributed by atoms with Gasteiger partial charge < -0.3 is 9.64 Å². The van der Waals surface area contributed by atoms with Crippen LogP contribution < -0.4 is 4.74 Å². The van der Waals surface area contributed by atoms with Gasteiger partial charge in [0, 0.05) is 17.5 Å². The molecule has 126 valence electrons. The molecular weight excluding hydrogens is 322 g/mol. The lowest BCUT2D eigenvalue weighted by molar-refractivity contribution is 0.0522. The number of benzene rings is 1. The van der Waals surface area contributed by atoms with Crippen LogP contribution in [0.2, 0.25) is 0 Å². The fraction of sp³-hybridized carbons (Fsp3) is 0.389. The standard InChI is InChI=1S/C18H21N3O2S/c1-13-9-10-17(20-19-13)23-14-6-5-11-21(12-14)18(22)15-7-3-4-8-16(15)24-2/h3-4,7-10,14H,5-6,11-12H2,1-2H3. The highest BCUT2D eigenvalue weighted by Crippen LogP contribution is 2.24. The molecule has 1 aromatic heterocycles. The van der Waals surface area contributed by atoms with Gasteiger partial charge in [0.05, 0.1) is 17.8 Å². The number of carbonyl (C=O) groups excluding carboxylic acids is 1. The summed E-state index contributed by atoms with van der Waals surface area (Å²) in [6, 6.07) is 11.4. The molecule has 1 saturated heterocycles. The molecular formula is C18H21N3O2S. The number of ether oxygens (including phenoxy) is 1. The Balaban J connectivity index is 1.68. The predicted octanol–water partition coefficient (Wildman–Crippen LogP) is 3.19. The van der Waals surface area contributed by atoms with Crippen molar-refractivity contribution in [3.63, 3.8) is 0 Å². The molecule has 1 amide bonds. The Morgan fingerprint density at radius 2 is 2.08 bits per heavy atom. The minimum Gasteiger partial charge on any atom is -0.471 e. The van der Waals surface area contributed by atoms with Crippen molar-refractivity contribution >= 4 is 17.7 Å². The Hall–Kier alpha value is -2.08. The Bertz CT molecular complexity index is 706. The van der Waals surface area contributed by atoms with Gasteiger partial charge in [-0.2, -0.15) is 5.10 Å². The van der Waals surface area contributed by atoms with Gasteiger partial charge in [0.25, 0.3) is 5.91 Å². The smallest absolute Gasteiger partial charge is 0.255 e. The number of thioether (sulfide) groups is 1. The second kappa shape index (κ2) is 7.66. The van der Waals surface area contributed by atoms with Crippen LogP contribution in [0.3, 0.4) is 0 Å². The van der Waals surface area contributed by atoms with Gasteiger partial charge in [-0.25, -0.2) is 0 Å². The Labute approximate surface area is 146 Å². The van der Waals surface area contributed by atoms with Crippen LogP contribution in [-0.4, -0.2) is 46.5 Å². The first-order valence-corrected chi connectivity index (χ1v) is 9.29. The summed E-state index contributed by atoms with van der Waals surface area (Å²) in [7, 11) is 0. The topological polar surface area (TPSA) is 55.3 Å². The van der Waals surface area contributed by atoms with Crippen LogP contribution >= 0.6 is 11.8 Å². The number of rotatable bonds is 4. The van der Waals surface area contributed by atoms with Crippen molar-refractivity contribution < 1.29 is 9.53 Å². The minimum absolute atomic E-state index is 0.0406. The van der Waals surface area contributed by atoms with Crippen LogP contribution in [-0.2, 0) is 0 Å². The maximum atomic E-state index is 12.9. The first-order valence-electron chi connectivity index (χ1n) is 8.06. The van der Waals surface area contributed by atoms with E-state index in [4.69, 9.17) is 4.74 Å². The number of aryl methyl sites for hydroxylation is 1. The van der Waals surface area contributed by atoms with E-state index in [-0.39, 0.29) is 12.0 Å². The van der Waals surface area contributed by atoms with Crippen molar-refractivity contribution in [2.75, 3.05) is 19.3 Å². The highest BCUT2D eigenvalue weighted by Gasteiger charge is 2.27. The van der Waals surface area contributed by atoms with Crippen molar-refractivity contribution in [2.45, 2.75) is 30.8 Å². The van der Waals surface area contributed by atoms with Crippen molar-refractivity contribution in [1.82, 2.24) is 15.1 Å². The average Bonchev–Trinajstić information content (AvgIpc) is 2.63. The van der Waals surface area contributed by atoms with Gasteiger partial charge in [-0.05, 0) is 44.2 Å². The largest absolute Gasteiger partial charge is 0.471 e. The van der Waals surface area contributed by atoms with Crippen LogP contribution in [0.4, 0.5) is 0 Å². The summed E-state index contributed by atoms with van der Waals surface area (Å²) in [5, 5.41) is 8.06. The lowest BCUT2D eigenvalue weighted by atomic mass is 10.1. The van der Waals surface area contributed by atoms with Crippen LogP contribution in [0.25, 0.3) is 0 Å². The zero-order chi connectivity index (χ0) is 16.9. The van der Waals surface area contributed by atoms with Gasteiger partial charge in [0.2, 0.25) is 5.88 Å². The van der Waals surface area contributed by atoms with Gasteiger partial charge in [0.1, 0.15) is 6.10 Å². The van der Waals surface area contributed by atoms with Crippen molar-refractivity contribution in [3.8, 4) is 5.88 Å². The molecule has 5 nitrogen and oxygen atoms in total. The van der Waals surface area contributed by atoms with Crippen molar-refractivity contribution in [2.24, 2.45) is 0 Å². The molecule has 1 aromatic carbocycles. The third-order valence-corrected chi connectivity index (χ3v) is 4.86. The fourth-order valence-electron chi connectivity index (χ4n) is 2.83. The summed E-state index contributed by atoms with van der Waals surface area (Å²) in [6.07, 6.45) is 3.80. The van der Waals surface area contributed by atoms with E-state index in [2.05, 4.69) is 10.2 Å². The zero-order valence-corrected chi connectivity index (χ0v) is 14.8. The molecule has 0 aliphatic carbocycles. The quantitative estimate of drug-likeness (QED) is 0.798. The first-order chi connectivity index (χ1) is 11.7. The lowest BCUT2D eigenvalue weighted by Gasteiger charge is -2.33. The fourth-order valence-corrected chi connectivity index (χ4v) is 3.42. The van der Waals surface area contributed by atoms with E-state index >= 15 is 0 Å². The highest BCUT2D eigenvalue weighted by atomic mass is 32.2. The summed E-state index contributed by atoms with van der Waals surface area (Å²) in [4.78, 5) is 15.7. The second-order valence-corrected chi connectivity index (χ2v) is 6.69. The maximum Gasteiger partial charge on any atom is 0.255 e. The molecule has 0 bridgehead atoms. The number of likely N-dealkylation sites (tertiary alicyclic amines) is 1. The number of aromatic nitrogens is 2. The molecule has 1 aliphatic heterocycles. The monoisotopic (exact) mass is 343 g/mol. The normalized spacial score (nSPS) is 17.6. The number of piperidine rings is 1. The molecule has 1 atom stereocenters. The first kappa shape index (κ1) is 16.8. The molecule has 0 spiro atoms. The van der Waals surface area contributed by atoms with Gasteiger partial charge in [-0.3, -0.25) is 4.79 Å². The molecule has 6 heteroatoms. The Morgan fingerprint density at radius 3 is 2.83 bits per heavy atom. The number of hydrogen-bond acceptors (Lipinski definition) is 5. The van der Waals surface area contributed by atoms with E-state index in [0.29, 0.717) is 12.4 Å². The second-order valence-electron chi connectivity index (χ2n) is 5.85. The maximum absolute atomic E-state index is 12.9. The third-order valence-electron chi connectivity index (χ3n) is 4.06. The van der Waals surface area contributed by atoms with Crippen LogP contribution in [0.5, 0.6) is 5.88 Å². The molecule has 0 radical (unpaired) electrons. The number of amides is 1. The number of hydrogen-bond donors (Lipinski definition) is 0. The SMILES string of the molecule is CSc1ccccc1C(=O)N1CCCC(Oc2ccc(C)nn2)C1. The predicted molar refractivity (Wildman–Crippen MR) is 94.5 cm³/mol. The van der Waals surface area contributed by atoms with Crippen molar-refractivity contribution in [1.29, 1.82) is 0 Å². The Kier molecular flexibility index (Phi) is 5.35. The molecule has 3 rings (SSSR count). The molecule has 2 heterocycles. The molecule has 0 saturated carbocycles. The summed E-state index contributed by atoms with van der Waals surface area (Å²) < 4.78 is 5.91. The van der Waals surface area contributed by atoms with Gasteiger partial charge in [-0.15, -0.1) is 16.9 Å². The van der Waals surface area contributed by atoms with E-state index in [1.807, 2.05) is 54.5 Å². The van der Waals surface area contributed by atoms with Gasteiger partial charge >= 0.3 is 0 Å². The van der Waals surface area contributed by atoms with Crippen LogP contribution in [0, 0.1) is 6.92 Å². The third kappa shape index (κ3) is 3.87. The molecule has 2 aromatic rings. The van der Waals surface area contributed by atoms with E-state index < -0.39 is 0 Å². The highest BCUT2D eigenvalue weighted by molar-refractivity contribution is 7.98. The summed E-state index contributed by atoms with van der Waals surface area (Å²) >= 11 is 1.60. The van der Waals surface area contributed by atoms with Gasteiger partial charge in [-0.1, -0.05) is 12.1 Å². The molecule has 24 heavy (non-hydrogen) atoms. The lowest BCUT2D eigenvalue weighted by Crippen LogP contribution is -2.44. The van der Waals surface area contributed by atoms with Crippen LogP contribution in [0.1, 0.15) is 28.9 Å². The average molecular weight is 343 g/mol. The van der Waals surface area contributed by atoms with E-state index in [0.717, 1.165) is 35.5 Å². The molecule has 1 fully saturated rings. The van der Waals surface area contributed by atoms with Crippen LogP contribution in [0.15, 0.2) is 41.3 Å². The number of carbonyl (C=O) groups is 1. The van der Waals surface area contributed by atoms with E-state index in [1.165, 1.54) is 0 Å². The van der Waals surface area contributed by atoms with Crippen molar-refractivity contribution in [3.05, 3.63) is 47.7 Å².